The molecular formula is C30H32F2N8OS2. The second kappa shape index (κ2) is 10.7. The molecule has 0 amide bonds. The molecular weight excluding hydrogens is 591 g/mol. The van der Waals surface area contributed by atoms with Gasteiger partial charge in [0.2, 0.25) is 0 Å². The number of halogens is 2. The minimum Gasteiger partial charge on any atom is -0.467 e. The number of methoxy groups -OCH3 is 1. The third-order valence-corrected chi connectivity index (χ3v) is 11.1. The number of ether oxygens (including phenoxy) is 1. The number of anilines is 2. The van der Waals surface area contributed by atoms with Gasteiger partial charge >= 0.3 is 6.01 Å². The van der Waals surface area contributed by atoms with E-state index in [1.165, 1.54) is 31.7 Å². The Kier molecular flexibility index (Phi) is 6.81. The van der Waals surface area contributed by atoms with Crippen LogP contribution in [-0.4, -0.2) is 82.4 Å². The van der Waals surface area contributed by atoms with Gasteiger partial charge in [-0.15, -0.1) is 11.3 Å². The Bertz CT molecular complexity index is 1820. The lowest BCUT2D eigenvalue weighted by molar-refractivity contribution is 0.292. The molecule has 0 aliphatic carbocycles. The molecule has 0 spiro atoms. The van der Waals surface area contributed by atoms with Crippen LogP contribution in [0.25, 0.3) is 41.8 Å². The van der Waals surface area contributed by atoms with Crippen LogP contribution in [0.4, 0.5) is 19.7 Å². The molecule has 4 aromatic heterocycles. The SMILES string of the molecule is COc1nc(N2CC3CCC(C2)N3)c2c(n1)sc1c(-c3ccc(F)c4sc(N)nc34)nccc12.FC1CC2CCCN2C1. The fraction of sp³-hybridized carbons (Fsp3) is 0.467. The van der Waals surface area contributed by atoms with Gasteiger partial charge in [0.05, 0.1) is 33.1 Å². The molecule has 8 heterocycles. The number of nitrogen functional groups attached to an aromatic ring is 1. The first-order valence-electron chi connectivity index (χ1n) is 14.8. The maximum atomic E-state index is 14.4. The summed E-state index contributed by atoms with van der Waals surface area (Å²) in [4.78, 5) is 24.1. The van der Waals surface area contributed by atoms with Crippen molar-refractivity contribution in [2.24, 2.45) is 0 Å². The molecule has 0 radical (unpaired) electrons. The summed E-state index contributed by atoms with van der Waals surface area (Å²) in [6.45, 7) is 3.66. The zero-order chi connectivity index (χ0) is 29.2. The van der Waals surface area contributed by atoms with Crippen LogP contribution in [-0.2, 0) is 0 Å². The Morgan fingerprint density at radius 1 is 1.02 bits per heavy atom. The molecule has 13 heteroatoms. The van der Waals surface area contributed by atoms with E-state index < -0.39 is 6.17 Å². The molecule has 4 aliphatic rings. The van der Waals surface area contributed by atoms with Crippen molar-refractivity contribution >= 4 is 64.1 Å². The minimum absolute atomic E-state index is 0.330. The van der Waals surface area contributed by atoms with E-state index in [4.69, 9.17) is 15.5 Å². The summed E-state index contributed by atoms with van der Waals surface area (Å²) in [6.07, 6.45) is 6.96. The number of hydrogen-bond donors (Lipinski definition) is 2. The maximum Gasteiger partial charge on any atom is 0.319 e. The zero-order valence-electron chi connectivity index (χ0n) is 23.7. The highest BCUT2D eigenvalue weighted by atomic mass is 32.1. The van der Waals surface area contributed by atoms with E-state index in [0.717, 1.165) is 74.8 Å². The molecule has 1 aromatic carbocycles. The van der Waals surface area contributed by atoms with Gasteiger partial charge in [-0.3, -0.25) is 9.88 Å². The predicted molar refractivity (Wildman–Crippen MR) is 169 cm³/mol. The largest absolute Gasteiger partial charge is 0.467 e. The first-order chi connectivity index (χ1) is 20.9. The molecule has 9 rings (SSSR count). The van der Waals surface area contributed by atoms with Crippen LogP contribution < -0.4 is 20.7 Å². The lowest BCUT2D eigenvalue weighted by atomic mass is 10.1. The third-order valence-electron chi connectivity index (χ3n) is 9.13. The fourth-order valence-electron chi connectivity index (χ4n) is 7.26. The van der Waals surface area contributed by atoms with Crippen molar-refractivity contribution in [2.75, 3.05) is 43.9 Å². The van der Waals surface area contributed by atoms with Crippen molar-refractivity contribution < 1.29 is 13.5 Å². The molecule has 3 N–H and O–H groups in total. The number of piperazine rings is 1. The first-order valence-corrected chi connectivity index (χ1v) is 16.5. The summed E-state index contributed by atoms with van der Waals surface area (Å²) >= 11 is 2.69. The molecule has 4 fully saturated rings. The number of nitrogens with two attached hydrogens (primary N) is 1. The molecule has 0 saturated carbocycles. The molecule has 5 aromatic rings. The number of hydrogen-bond acceptors (Lipinski definition) is 11. The zero-order valence-corrected chi connectivity index (χ0v) is 25.4. The smallest absolute Gasteiger partial charge is 0.319 e. The van der Waals surface area contributed by atoms with Gasteiger partial charge in [-0.1, -0.05) is 11.3 Å². The van der Waals surface area contributed by atoms with Gasteiger partial charge in [0.25, 0.3) is 0 Å². The van der Waals surface area contributed by atoms with Crippen molar-refractivity contribution in [3.8, 4) is 17.3 Å². The van der Waals surface area contributed by atoms with Gasteiger partial charge < -0.3 is 20.7 Å². The molecule has 4 atom stereocenters. The standard InChI is InChI=1S/C23H20FN7OS2.C7H12FN/c1-32-23-29-20(31-8-10-2-3-11(9-31)27-10)15-12-6-7-26-16(18(12)33-21(15)30-23)13-4-5-14(24)19-17(13)28-22(25)34-19;8-6-4-7-2-1-3-9(7)5-6/h4-7,10-11,27H,2-3,8-9H2,1H3,(H2,25,28);6-7H,1-5H2. The Labute approximate surface area is 255 Å². The lowest BCUT2D eigenvalue weighted by Crippen LogP contribution is -2.51. The number of nitrogens with zero attached hydrogens (tertiary/aromatic N) is 6. The van der Waals surface area contributed by atoms with Crippen LogP contribution in [0.5, 0.6) is 6.01 Å². The first kappa shape index (κ1) is 27.3. The van der Waals surface area contributed by atoms with Crippen LogP contribution >= 0.6 is 22.7 Å². The van der Waals surface area contributed by atoms with Gasteiger partial charge in [0.15, 0.2) is 5.13 Å². The van der Waals surface area contributed by atoms with Crippen LogP contribution in [0.1, 0.15) is 32.1 Å². The normalized spacial score (nSPS) is 25.0. The molecule has 4 unspecified atom stereocenters. The molecule has 4 saturated heterocycles. The molecule has 9 nitrogen and oxygen atoms in total. The number of alkyl halides is 1. The van der Waals surface area contributed by atoms with Crippen molar-refractivity contribution in [1.82, 2.24) is 30.2 Å². The van der Waals surface area contributed by atoms with E-state index in [2.05, 4.69) is 30.1 Å². The minimum atomic E-state index is -0.518. The lowest BCUT2D eigenvalue weighted by Gasteiger charge is -2.34. The fourth-order valence-corrected chi connectivity index (χ4v) is 9.18. The Morgan fingerprint density at radius 3 is 2.65 bits per heavy atom. The molecule has 224 valence electrons. The number of nitrogens with one attached hydrogen (secondary N) is 1. The van der Waals surface area contributed by atoms with Crippen LogP contribution in [0.3, 0.4) is 0 Å². The van der Waals surface area contributed by atoms with Gasteiger partial charge in [-0.2, -0.15) is 9.97 Å². The van der Waals surface area contributed by atoms with Crippen molar-refractivity contribution in [1.29, 1.82) is 0 Å². The number of pyridine rings is 1. The number of thiazole rings is 1. The Morgan fingerprint density at radius 2 is 1.86 bits per heavy atom. The highest BCUT2D eigenvalue weighted by Gasteiger charge is 2.35. The van der Waals surface area contributed by atoms with Crippen LogP contribution in [0.15, 0.2) is 24.4 Å². The highest BCUT2D eigenvalue weighted by Crippen LogP contribution is 2.44. The van der Waals surface area contributed by atoms with E-state index in [1.807, 2.05) is 6.07 Å². The van der Waals surface area contributed by atoms with Crippen molar-refractivity contribution in [3.63, 3.8) is 0 Å². The Hall–Kier alpha value is -3.26. The summed E-state index contributed by atoms with van der Waals surface area (Å²) in [7, 11) is 1.59. The summed E-state index contributed by atoms with van der Waals surface area (Å²) in [5, 5.41) is 6.04. The van der Waals surface area contributed by atoms with Crippen LogP contribution in [0.2, 0.25) is 0 Å². The molecule has 43 heavy (non-hydrogen) atoms. The predicted octanol–water partition coefficient (Wildman–Crippen LogP) is 5.38. The number of rotatable bonds is 3. The quantitative estimate of drug-likeness (QED) is 0.274. The van der Waals surface area contributed by atoms with Crippen molar-refractivity contribution in [3.05, 3.63) is 30.2 Å². The topological polar surface area (TPSA) is 105 Å². The number of aromatic nitrogens is 4. The average molecular weight is 623 g/mol. The second-order valence-corrected chi connectivity index (χ2v) is 13.9. The van der Waals surface area contributed by atoms with Gasteiger partial charge in [-0.05, 0) is 56.8 Å². The summed E-state index contributed by atoms with van der Waals surface area (Å²) < 4.78 is 33.9. The van der Waals surface area contributed by atoms with Crippen molar-refractivity contribution in [2.45, 2.75) is 56.4 Å². The van der Waals surface area contributed by atoms with E-state index in [-0.39, 0.29) is 5.82 Å². The van der Waals surface area contributed by atoms with E-state index in [0.29, 0.717) is 46.0 Å². The van der Waals surface area contributed by atoms with Gasteiger partial charge in [0, 0.05) is 54.9 Å². The van der Waals surface area contributed by atoms with Gasteiger partial charge in [-0.25, -0.2) is 13.8 Å². The van der Waals surface area contributed by atoms with E-state index >= 15 is 0 Å². The maximum absolute atomic E-state index is 14.4. The Balaban J connectivity index is 0.000000263. The second-order valence-electron chi connectivity index (χ2n) is 11.8. The monoisotopic (exact) mass is 622 g/mol. The number of benzene rings is 1. The number of thiophene rings is 1. The average Bonchev–Trinajstić information content (AvgIpc) is 3.82. The third kappa shape index (κ3) is 4.77. The van der Waals surface area contributed by atoms with Gasteiger partial charge in [0.1, 0.15) is 22.6 Å². The number of fused-ring (bicyclic) bond motifs is 7. The molecule has 4 aliphatic heterocycles. The summed E-state index contributed by atoms with van der Waals surface area (Å²) in [5.41, 5.74) is 7.94. The van der Waals surface area contributed by atoms with Crippen LogP contribution in [0, 0.1) is 5.82 Å². The highest BCUT2D eigenvalue weighted by molar-refractivity contribution is 7.26. The summed E-state index contributed by atoms with van der Waals surface area (Å²) in [6, 6.07) is 7.09. The van der Waals surface area contributed by atoms with E-state index in [1.54, 1.807) is 30.7 Å². The van der Waals surface area contributed by atoms with E-state index in [9.17, 15) is 8.78 Å². The summed E-state index contributed by atoms with van der Waals surface area (Å²) in [5.74, 6) is 0.563. The molecule has 2 bridgehead atoms.